The molecule has 0 atom stereocenters. The number of piperazine rings is 1. The van der Waals surface area contributed by atoms with Crippen molar-refractivity contribution < 1.29 is 22.7 Å². The summed E-state index contributed by atoms with van der Waals surface area (Å²) < 4.78 is 47.0. The Morgan fingerprint density at radius 3 is 2.44 bits per heavy atom. The van der Waals surface area contributed by atoms with Gasteiger partial charge in [0.15, 0.2) is 6.61 Å². The van der Waals surface area contributed by atoms with Crippen LogP contribution in [-0.4, -0.2) is 67.6 Å². The van der Waals surface area contributed by atoms with E-state index in [0.29, 0.717) is 18.8 Å². The molecule has 1 saturated heterocycles. The summed E-state index contributed by atoms with van der Waals surface area (Å²) in [5.41, 5.74) is 2.19. The molecule has 1 fully saturated rings. The molecule has 10 heteroatoms. The van der Waals surface area contributed by atoms with Gasteiger partial charge in [-0.15, -0.1) is 0 Å². The number of halogens is 3. The monoisotopic (exact) mass is 539 g/mol. The lowest BCUT2D eigenvalue weighted by molar-refractivity contribution is -0.138. The number of nitrogens with one attached hydrogen (secondary N) is 2. The highest BCUT2D eigenvalue weighted by Gasteiger charge is 2.34. The van der Waals surface area contributed by atoms with E-state index in [-0.39, 0.29) is 24.4 Å². The van der Waals surface area contributed by atoms with E-state index in [4.69, 9.17) is 4.74 Å². The van der Waals surface area contributed by atoms with Crippen molar-refractivity contribution in [2.45, 2.75) is 12.7 Å². The number of carbonyl (C=O) groups is 1. The first-order valence-electron chi connectivity index (χ1n) is 12.6. The van der Waals surface area contributed by atoms with Crippen LogP contribution < -0.4 is 15.4 Å². The Hall–Kier alpha value is -3.89. The topological polar surface area (TPSA) is 69.7 Å². The van der Waals surface area contributed by atoms with Gasteiger partial charge < -0.3 is 20.3 Å². The molecule has 0 radical (unpaired) electrons. The molecule has 2 aromatic carbocycles. The summed E-state index contributed by atoms with van der Waals surface area (Å²) >= 11 is 0. The highest BCUT2D eigenvalue weighted by molar-refractivity contribution is 5.92. The van der Waals surface area contributed by atoms with Crippen molar-refractivity contribution in [1.29, 1.82) is 0 Å². The SMILES string of the molecule is C=Cc1cc(-c2ccc(OCC(=O)Nc3ccc(CN4CCN(C)CC4)c(C(F)(F)F)c3)cc2)cnc1NC. The van der Waals surface area contributed by atoms with E-state index in [1.165, 1.54) is 12.1 Å². The molecule has 3 aromatic rings. The van der Waals surface area contributed by atoms with Crippen LogP contribution >= 0.6 is 0 Å². The van der Waals surface area contributed by atoms with E-state index in [2.05, 4.69) is 27.1 Å². The molecule has 1 aromatic heterocycles. The number of anilines is 2. The summed E-state index contributed by atoms with van der Waals surface area (Å²) in [7, 11) is 3.78. The van der Waals surface area contributed by atoms with Gasteiger partial charge in [0.25, 0.3) is 5.91 Å². The Balaban J connectivity index is 1.36. The summed E-state index contributed by atoms with van der Waals surface area (Å²) in [6.45, 7) is 6.72. The zero-order valence-electron chi connectivity index (χ0n) is 22.0. The van der Waals surface area contributed by atoms with Gasteiger partial charge in [-0.25, -0.2) is 4.98 Å². The van der Waals surface area contributed by atoms with Crippen LogP contribution in [0, 0.1) is 0 Å². The van der Waals surface area contributed by atoms with Crippen LogP contribution in [0.25, 0.3) is 17.2 Å². The van der Waals surface area contributed by atoms with E-state index in [1.54, 1.807) is 31.5 Å². The van der Waals surface area contributed by atoms with Gasteiger partial charge in [-0.05, 0) is 48.5 Å². The first-order valence-corrected chi connectivity index (χ1v) is 12.6. The van der Waals surface area contributed by atoms with E-state index >= 15 is 0 Å². The summed E-state index contributed by atoms with van der Waals surface area (Å²) in [5.74, 6) is 0.629. The minimum Gasteiger partial charge on any atom is -0.484 e. The molecule has 0 unspecified atom stereocenters. The number of likely N-dealkylation sites (N-methyl/N-ethyl adjacent to an activating group) is 1. The summed E-state index contributed by atoms with van der Waals surface area (Å²) in [5, 5.41) is 5.52. The highest BCUT2D eigenvalue weighted by atomic mass is 19.4. The number of aromatic nitrogens is 1. The first kappa shape index (κ1) is 28.1. The Morgan fingerprint density at radius 1 is 1.08 bits per heavy atom. The average Bonchev–Trinajstić information content (AvgIpc) is 2.93. The van der Waals surface area contributed by atoms with Crippen LogP contribution in [0.15, 0.2) is 61.3 Å². The van der Waals surface area contributed by atoms with Gasteiger partial charge >= 0.3 is 6.18 Å². The van der Waals surface area contributed by atoms with Gasteiger partial charge in [0, 0.05) is 62.8 Å². The van der Waals surface area contributed by atoms with Crippen molar-refractivity contribution in [3.8, 4) is 16.9 Å². The van der Waals surface area contributed by atoms with Gasteiger partial charge in [-0.2, -0.15) is 13.2 Å². The smallest absolute Gasteiger partial charge is 0.416 e. The minimum absolute atomic E-state index is 0.0731. The fourth-order valence-corrected chi connectivity index (χ4v) is 4.40. The molecule has 0 bridgehead atoms. The van der Waals surface area contributed by atoms with Crippen molar-refractivity contribution in [1.82, 2.24) is 14.8 Å². The number of alkyl halides is 3. The maximum absolute atomic E-state index is 13.8. The molecule has 0 saturated carbocycles. The highest BCUT2D eigenvalue weighted by Crippen LogP contribution is 2.34. The Bertz CT molecular complexity index is 1300. The van der Waals surface area contributed by atoms with E-state index in [1.807, 2.05) is 30.1 Å². The lowest BCUT2D eigenvalue weighted by atomic mass is 10.0. The molecular weight excluding hydrogens is 507 g/mol. The Morgan fingerprint density at radius 2 is 1.79 bits per heavy atom. The van der Waals surface area contributed by atoms with Gasteiger partial charge in [-0.1, -0.05) is 30.9 Å². The number of pyridine rings is 1. The molecular formula is C29H32F3N5O2. The molecule has 39 heavy (non-hydrogen) atoms. The minimum atomic E-state index is -4.53. The van der Waals surface area contributed by atoms with Crippen LogP contribution in [0.1, 0.15) is 16.7 Å². The third kappa shape index (κ3) is 7.36. The largest absolute Gasteiger partial charge is 0.484 e. The number of ether oxygens (including phenoxy) is 1. The van der Waals surface area contributed by atoms with Crippen LogP contribution in [0.5, 0.6) is 5.75 Å². The normalized spacial score (nSPS) is 14.6. The van der Waals surface area contributed by atoms with Gasteiger partial charge in [0.2, 0.25) is 0 Å². The maximum Gasteiger partial charge on any atom is 0.416 e. The lowest BCUT2D eigenvalue weighted by Gasteiger charge is -2.33. The summed E-state index contributed by atoms with van der Waals surface area (Å²) in [6.07, 6.45) is -1.07. The van der Waals surface area contributed by atoms with Gasteiger partial charge in [0.05, 0.1) is 5.56 Å². The van der Waals surface area contributed by atoms with E-state index in [9.17, 15) is 18.0 Å². The summed E-state index contributed by atoms with van der Waals surface area (Å²) in [6, 6.07) is 13.0. The van der Waals surface area contributed by atoms with Crippen molar-refractivity contribution in [3.63, 3.8) is 0 Å². The lowest BCUT2D eigenvalue weighted by Crippen LogP contribution is -2.44. The zero-order valence-corrected chi connectivity index (χ0v) is 22.0. The Labute approximate surface area is 226 Å². The predicted molar refractivity (Wildman–Crippen MR) is 148 cm³/mol. The van der Waals surface area contributed by atoms with Gasteiger partial charge in [-0.3, -0.25) is 9.69 Å². The molecule has 0 spiro atoms. The Kier molecular flexibility index (Phi) is 8.88. The van der Waals surface area contributed by atoms with E-state index in [0.717, 1.165) is 41.7 Å². The van der Waals surface area contributed by atoms with Gasteiger partial charge in [0.1, 0.15) is 11.6 Å². The van der Waals surface area contributed by atoms with Crippen LogP contribution in [-0.2, 0) is 17.5 Å². The molecule has 2 heterocycles. The molecule has 4 rings (SSSR count). The number of rotatable bonds is 9. The number of hydrogen-bond acceptors (Lipinski definition) is 6. The van der Waals surface area contributed by atoms with E-state index < -0.39 is 17.6 Å². The van der Waals surface area contributed by atoms with Crippen molar-refractivity contribution in [2.24, 2.45) is 0 Å². The number of carbonyl (C=O) groups excluding carboxylic acids is 1. The first-order chi connectivity index (χ1) is 18.7. The predicted octanol–water partition coefficient (Wildman–Crippen LogP) is 5.22. The second kappa shape index (κ2) is 12.3. The standard InChI is InChI=1S/C29H32F3N5O2/c1-4-20-15-23(17-34-28(20)33-2)21-6-9-25(10-7-21)39-19-27(38)35-24-8-5-22(26(16-24)29(30,31)32)18-37-13-11-36(3)12-14-37/h4-10,15-17H,1,11-14,18-19H2,2-3H3,(H,33,34)(H,35,38). The molecule has 206 valence electrons. The average molecular weight is 540 g/mol. The van der Waals surface area contributed by atoms with Crippen molar-refractivity contribution >= 4 is 23.5 Å². The number of hydrogen-bond donors (Lipinski definition) is 2. The second-order valence-electron chi connectivity index (χ2n) is 9.43. The molecule has 7 nitrogen and oxygen atoms in total. The number of benzene rings is 2. The fourth-order valence-electron chi connectivity index (χ4n) is 4.40. The molecule has 2 N–H and O–H groups in total. The zero-order chi connectivity index (χ0) is 28.0. The van der Waals surface area contributed by atoms with Crippen molar-refractivity contribution in [3.05, 3.63) is 78.0 Å². The maximum atomic E-state index is 13.8. The molecule has 1 amide bonds. The number of nitrogens with zero attached hydrogens (tertiary/aromatic N) is 3. The molecule has 1 aliphatic heterocycles. The van der Waals surface area contributed by atoms with Crippen LogP contribution in [0.2, 0.25) is 0 Å². The number of amides is 1. The molecule has 1 aliphatic rings. The van der Waals surface area contributed by atoms with Crippen LogP contribution in [0.3, 0.4) is 0 Å². The molecule has 0 aliphatic carbocycles. The van der Waals surface area contributed by atoms with Crippen LogP contribution in [0.4, 0.5) is 24.7 Å². The second-order valence-corrected chi connectivity index (χ2v) is 9.43. The third-order valence-electron chi connectivity index (χ3n) is 6.62. The summed E-state index contributed by atoms with van der Waals surface area (Å²) in [4.78, 5) is 21.0. The third-order valence-corrected chi connectivity index (χ3v) is 6.62. The fraction of sp³-hybridized carbons (Fsp3) is 0.310. The quantitative estimate of drug-likeness (QED) is 0.389. The van der Waals surface area contributed by atoms with Crippen molar-refractivity contribution in [2.75, 3.05) is 57.5 Å².